The van der Waals surface area contributed by atoms with Crippen LogP contribution in [-0.4, -0.2) is 63.9 Å². The number of carbonyl (C=O) groups is 2. The van der Waals surface area contributed by atoms with Gasteiger partial charge in [-0.3, -0.25) is 9.59 Å². The van der Waals surface area contributed by atoms with Crippen molar-refractivity contribution in [3.63, 3.8) is 0 Å². The first-order chi connectivity index (χ1) is 16.9. The van der Waals surface area contributed by atoms with Crippen molar-refractivity contribution in [3.8, 4) is 17.2 Å². The zero-order valence-electron chi connectivity index (χ0n) is 19.8. The molecule has 4 rings (SSSR count). The van der Waals surface area contributed by atoms with Crippen LogP contribution < -0.4 is 15.5 Å². The van der Waals surface area contributed by atoms with Crippen LogP contribution in [0.25, 0.3) is 11.1 Å². The summed E-state index contributed by atoms with van der Waals surface area (Å²) in [6, 6.07) is 11.8. The minimum absolute atomic E-state index is 0.0340. The number of fused-ring (bicyclic) bond motifs is 1. The van der Waals surface area contributed by atoms with Crippen molar-refractivity contribution in [1.29, 1.82) is 5.26 Å². The summed E-state index contributed by atoms with van der Waals surface area (Å²) in [6.07, 6.45) is 0.244. The fraction of sp³-hybridized carbons (Fsp3) is 0.423. The number of nitrogens with one attached hydrogen (secondary N) is 2. The number of anilines is 1. The second-order valence-electron chi connectivity index (χ2n) is 8.83. The van der Waals surface area contributed by atoms with Gasteiger partial charge in [0.2, 0.25) is 5.91 Å². The summed E-state index contributed by atoms with van der Waals surface area (Å²) in [6.45, 7) is 1.14. The van der Waals surface area contributed by atoms with Crippen LogP contribution in [0.5, 0.6) is 0 Å². The number of nitrogens with zero attached hydrogens (tertiary/aromatic N) is 2. The van der Waals surface area contributed by atoms with Gasteiger partial charge in [0.15, 0.2) is 0 Å². The number of ether oxygens (including phenoxy) is 2. The van der Waals surface area contributed by atoms with E-state index in [1.165, 1.54) is 6.07 Å². The van der Waals surface area contributed by atoms with Gasteiger partial charge >= 0.3 is 0 Å². The van der Waals surface area contributed by atoms with E-state index in [0.717, 1.165) is 16.8 Å². The zero-order valence-corrected chi connectivity index (χ0v) is 19.8. The monoisotopic (exact) mass is 480 g/mol. The second kappa shape index (κ2) is 11.0. The number of aryl methyl sites for hydroxylation is 1. The molecule has 0 spiro atoms. The molecule has 3 unspecified atom stereocenters. The van der Waals surface area contributed by atoms with E-state index in [2.05, 4.69) is 10.6 Å². The Morgan fingerprint density at radius 2 is 2.06 bits per heavy atom. The standard InChI is InChI=1S/C26H29FN4O4/c1-31-23-7-5-16(9-19(23)6-8-25(31)32)17-3-4-18(22(27)11-17)10-20(12-28)30-26(33)24-14-29-13-21(34-2)15-35-24/h3-5,7,9,11,20-21,24,29H,6,8,10,13-15H2,1-2H3,(H,30,33). The Morgan fingerprint density at radius 3 is 2.80 bits per heavy atom. The smallest absolute Gasteiger partial charge is 0.251 e. The lowest BCUT2D eigenvalue weighted by Gasteiger charge is -2.26. The maximum Gasteiger partial charge on any atom is 0.251 e. The molecule has 0 aromatic heterocycles. The van der Waals surface area contributed by atoms with Gasteiger partial charge in [-0.2, -0.15) is 5.26 Å². The van der Waals surface area contributed by atoms with Crippen molar-refractivity contribution in [1.82, 2.24) is 10.6 Å². The fourth-order valence-electron chi connectivity index (χ4n) is 4.38. The van der Waals surface area contributed by atoms with Crippen molar-refractivity contribution in [2.45, 2.75) is 37.5 Å². The molecule has 184 valence electrons. The highest BCUT2D eigenvalue weighted by molar-refractivity contribution is 5.96. The van der Waals surface area contributed by atoms with E-state index in [9.17, 15) is 19.2 Å². The molecule has 1 fully saturated rings. The van der Waals surface area contributed by atoms with Crippen LogP contribution in [0.2, 0.25) is 0 Å². The van der Waals surface area contributed by atoms with Crippen LogP contribution in [0.4, 0.5) is 10.1 Å². The van der Waals surface area contributed by atoms with E-state index in [1.54, 1.807) is 31.2 Å². The molecular formula is C26H29FN4O4. The van der Waals surface area contributed by atoms with E-state index < -0.39 is 23.9 Å². The number of hydrogen-bond acceptors (Lipinski definition) is 6. The zero-order chi connectivity index (χ0) is 24.9. The third-order valence-corrected chi connectivity index (χ3v) is 6.52. The van der Waals surface area contributed by atoms with Gasteiger partial charge in [0, 0.05) is 45.8 Å². The lowest BCUT2D eigenvalue weighted by Crippen LogP contribution is -2.46. The highest BCUT2D eigenvalue weighted by Gasteiger charge is 2.27. The molecule has 2 aliphatic heterocycles. The van der Waals surface area contributed by atoms with Crippen molar-refractivity contribution >= 4 is 17.5 Å². The van der Waals surface area contributed by atoms with Gasteiger partial charge in [-0.05, 0) is 46.9 Å². The molecule has 0 radical (unpaired) electrons. The Labute approximate surface area is 204 Å². The SMILES string of the molecule is COC1CNCC(C(=O)NC(C#N)Cc2ccc(-c3ccc4c(c3)CCC(=O)N4C)cc2F)OC1. The van der Waals surface area contributed by atoms with Gasteiger partial charge < -0.3 is 25.0 Å². The predicted octanol–water partition coefficient (Wildman–Crippen LogP) is 1.96. The molecule has 2 amide bonds. The van der Waals surface area contributed by atoms with Gasteiger partial charge in [-0.1, -0.05) is 18.2 Å². The lowest BCUT2D eigenvalue weighted by molar-refractivity contribution is -0.133. The van der Waals surface area contributed by atoms with Crippen molar-refractivity contribution in [2.75, 3.05) is 38.8 Å². The van der Waals surface area contributed by atoms with Crippen LogP contribution in [-0.2, 0) is 31.9 Å². The fourth-order valence-corrected chi connectivity index (χ4v) is 4.38. The summed E-state index contributed by atoms with van der Waals surface area (Å²) in [5.74, 6) is -0.784. The number of carbonyl (C=O) groups excluding carboxylic acids is 2. The number of benzene rings is 2. The van der Waals surface area contributed by atoms with Crippen LogP contribution in [0, 0.1) is 17.1 Å². The summed E-state index contributed by atoms with van der Waals surface area (Å²) in [7, 11) is 3.33. The molecule has 0 saturated carbocycles. The summed E-state index contributed by atoms with van der Waals surface area (Å²) in [5, 5.41) is 15.3. The molecule has 2 aliphatic rings. The highest BCUT2D eigenvalue weighted by atomic mass is 19.1. The van der Waals surface area contributed by atoms with E-state index >= 15 is 0 Å². The predicted molar refractivity (Wildman–Crippen MR) is 128 cm³/mol. The largest absolute Gasteiger partial charge is 0.378 e. The first kappa shape index (κ1) is 24.8. The maximum absolute atomic E-state index is 15.0. The Hall–Kier alpha value is -3.32. The molecule has 8 nitrogen and oxygen atoms in total. The molecule has 0 bridgehead atoms. The Bertz CT molecular complexity index is 1150. The third kappa shape index (κ3) is 5.68. The van der Waals surface area contributed by atoms with E-state index in [0.29, 0.717) is 37.1 Å². The van der Waals surface area contributed by atoms with Crippen molar-refractivity contribution in [2.24, 2.45) is 0 Å². The van der Waals surface area contributed by atoms with Gasteiger partial charge in [0.1, 0.15) is 18.0 Å². The summed E-state index contributed by atoms with van der Waals surface area (Å²) >= 11 is 0. The number of amides is 2. The average Bonchev–Trinajstić information content (AvgIpc) is 3.12. The normalized spacial score (nSPS) is 21.0. The lowest BCUT2D eigenvalue weighted by atomic mass is 9.95. The molecule has 2 aromatic carbocycles. The minimum atomic E-state index is -0.898. The van der Waals surface area contributed by atoms with Crippen LogP contribution >= 0.6 is 0 Å². The van der Waals surface area contributed by atoms with Gasteiger partial charge in [-0.25, -0.2) is 4.39 Å². The molecule has 3 atom stereocenters. The first-order valence-corrected chi connectivity index (χ1v) is 11.6. The molecular weight excluding hydrogens is 451 g/mol. The minimum Gasteiger partial charge on any atom is -0.378 e. The van der Waals surface area contributed by atoms with Gasteiger partial charge in [0.25, 0.3) is 5.91 Å². The third-order valence-electron chi connectivity index (χ3n) is 6.52. The maximum atomic E-state index is 15.0. The quantitative estimate of drug-likeness (QED) is 0.655. The molecule has 2 N–H and O–H groups in total. The van der Waals surface area contributed by atoms with E-state index in [1.807, 2.05) is 24.3 Å². The molecule has 0 aliphatic carbocycles. The topological polar surface area (TPSA) is 104 Å². The Balaban J connectivity index is 1.42. The van der Waals surface area contributed by atoms with E-state index in [4.69, 9.17) is 9.47 Å². The number of rotatable bonds is 6. The van der Waals surface area contributed by atoms with Crippen LogP contribution in [0.15, 0.2) is 36.4 Å². The van der Waals surface area contributed by atoms with Crippen LogP contribution in [0.1, 0.15) is 17.5 Å². The molecule has 1 saturated heterocycles. The number of methoxy groups -OCH3 is 1. The Kier molecular flexibility index (Phi) is 7.76. The highest BCUT2D eigenvalue weighted by Crippen LogP contribution is 2.32. The van der Waals surface area contributed by atoms with Crippen molar-refractivity contribution < 1.29 is 23.5 Å². The molecule has 9 heteroatoms. The summed E-state index contributed by atoms with van der Waals surface area (Å²) in [5.41, 5.74) is 3.82. The molecule has 2 aromatic rings. The van der Waals surface area contributed by atoms with Crippen molar-refractivity contribution in [3.05, 3.63) is 53.3 Å². The number of halogens is 1. The number of nitriles is 1. The van der Waals surface area contributed by atoms with Crippen LogP contribution in [0.3, 0.4) is 0 Å². The number of hydrogen-bond donors (Lipinski definition) is 2. The Morgan fingerprint density at radius 1 is 1.29 bits per heavy atom. The average molecular weight is 481 g/mol. The second-order valence-corrected chi connectivity index (χ2v) is 8.83. The molecule has 35 heavy (non-hydrogen) atoms. The summed E-state index contributed by atoms with van der Waals surface area (Å²) < 4.78 is 25.8. The first-order valence-electron chi connectivity index (χ1n) is 11.6. The van der Waals surface area contributed by atoms with E-state index in [-0.39, 0.29) is 25.0 Å². The summed E-state index contributed by atoms with van der Waals surface area (Å²) in [4.78, 5) is 26.2. The van der Waals surface area contributed by atoms with Gasteiger partial charge in [-0.15, -0.1) is 0 Å². The molecule has 2 heterocycles. The van der Waals surface area contributed by atoms with Gasteiger partial charge in [0.05, 0.1) is 18.8 Å².